The molecule has 10 heteroatoms. The predicted octanol–water partition coefficient (Wildman–Crippen LogP) is 3.63. The third kappa shape index (κ3) is 3.46. The topological polar surface area (TPSA) is 128 Å². The SMILES string of the molecule is O=C(Cc1noc2ccccc12)Nc1nc2ccc(-c3ccccc3[N+](=O)[O-])cn2n1. The van der Waals surface area contributed by atoms with Crippen molar-refractivity contribution in [1.29, 1.82) is 0 Å². The van der Waals surface area contributed by atoms with Gasteiger partial charge in [-0.05, 0) is 30.3 Å². The first-order chi connectivity index (χ1) is 15.1. The van der Waals surface area contributed by atoms with E-state index in [1.807, 2.05) is 18.2 Å². The van der Waals surface area contributed by atoms with Gasteiger partial charge in [0.2, 0.25) is 11.9 Å². The highest BCUT2D eigenvalue weighted by atomic mass is 16.6. The summed E-state index contributed by atoms with van der Waals surface area (Å²) in [4.78, 5) is 27.6. The third-order valence-corrected chi connectivity index (χ3v) is 4.77. The molecule has 0 bridgehead atoms. The Kier molecular flexibility index (Phi) is 4.36. The number of carbonyl (C=O) groups is 1. The van der Waals surface area contributed by atoms with Crippen LogP contribution in [0.5, 0.6) is 0 Å². The van der Waals surface area contributed by atoms with E-state index in [2.05, 4.69) is 20.6 Å². The standard InChI is InChI=1S/C21H14N6O4/c28-20(11-16-15-6-2-4-8-18(15)31-25-16)23-21-22-19-10-9-13(12-26(19)24-21)14-5-1-3-7-17(14)27(29)30/h1-10,12H,11H2,(H,23,24,28). The van der Waals surface area contributed by atoms with Crippen molar-refractivity contribution in [1.82, 2.24) is 19.8 Å². The van der Waals surface area contributed by atoms with Crippen LogP contribution in [0, 0.1) is 10.1 Å². The van der Waals surface area contributed by atoms with Crippen molar-refractivity contribution in [2.45, 2.75) is 6.42 Å². The number of fused-ring (bicyclic) bond motifs is 2. The Morgan fingerprint density at radius 2 is 1.90 bits per heavy atom. The maximum absolute atomic E-state index is 12.5. The van der Waals surface area contributed by atoms with Gasteiger partial charge in [-0.3, -0.25) is 20.2 Å². The molecular formula is C21H14N6O4. The van der Waals surface area contributed by atoms with Gasteiger partial charge in [0.15, 0.2) is 11.2 Å². The lowest BCUT2D eigenvalue weighted by Gasteiger charge is -2.03. The van der Waals surface area contributed by atoms with Crippen LogP contribution in [-0.4, -0.2) is 30.6 Å². The molecule has 0 atom stereocenters. The number of rotatable bonds is 5. The molecule has 152 valence electrons. The lowest BCUT2D eigenvalue weighted by Crippen LogP contribution is -2.15. The monoisotopic (exact) mass is 414 g/mol. The van der Waals surface area contributed by atoms with Crippen molar-refractivity contribution < 1.29 is 14.2 Å². The van der Waals surface area contributed by atoms with Crippen molar-refractivity contribution >= 4 is 34.2 Å². The van der Waals surface area contributed by atoms with Gasteiger partial charge in [0.25, 0.3) is 5.69 Å². The minimum atomic E-state index is -0.430. The summed E-state index contributed by atoms with van der Waals surface area (Å²) in [6.45, 7) is 0. The maximum Gasteiger partial charge on any atom is 0.277 e. The van der Waals surface area contributed by atoms with Crippen LogP contribution in [0.25, 0.3) is 27.7 Å². The highest BCUT2D eigenvalue weighted by molar-refractivity contribution is 5.93. The molecule has 10 nitrogen and oxygen atoms in total. The third-order valence-electron chi connectivity index (χ3n) is 4.77. The van der Waals surface area contributed by atoms with E-state index in [9.17, 15) is 14.9 Å². The number of nitro benzene ring substituents is 1. The summed E-state index contributed by atoms with van der Waals surface area (Å²) in [6, 6.07) is 17.1. The highest BCUT2D eigenvalue weighted by Crippen LogP contribution is 2.29. The maximum atomic E-state index is 12.5. The molecule has 5 rings (SSSR count). The number of aromatic nitrogens is 4. The quantitative estimate of drug-likeness (QED) is 0.343. The summed E-state index contributed by atoms with van der Waals surface area (Å²) in [5.74, 6) is -0.216. The van der Waals surface area contributed by atoms with Crippen molar-refractivity contribution in [2.24, 2.45) is 0 Å². The number of para-hydroxylation sites is 2. The average molecular weight is 414 g/mol. The first-order valence-corrected chi connectivity index (χ1v) is 9.32. The van der Waals surface area contributed by atoms with E-state index in [-0.39, 0.29) is 24.0 Å². The molecule has 3 heterocycles. The molecule has 2 aromatic carbocycles. The van der Waals surface area contributed by atoms with Crippen molar-refractivity contribution in [2.75, 3.05) is 5.32 Å². The second kappa shape index (κ2) is 7.34. The van der Waals surface area contributed by atoms with Crippen molar-refractivity contribution in [3.63, 3.8) is 0 Å². The average Bonchev–Trinajstić information content (AvgIpc) is 3.36. The Hall–Kier alpha value is -4.60. The van der Waals surface area contributed by atoms with E-state index in [0.717, 1.165) is 5.39 Å². The number of pyridine rings is 1. The molecule has 0 aliphatic heterocycles. The summed E-state index contributed by atoms with van der Waals surface area (Å²) >= 11 is 0. The van der Waals surface area contributed by atoms with E-state index >= 15 is 0 Å². The van der Waals surface area contributed by atoms with Gasteiger partial charge < -0.3 is 4.52 Å². The Bertz CT molecular complexity index is 1450. The van der Waals surface area contributed by atoms with Crippen LogP contribution < -0.4 is 5.32 Å². The number of carbonyl (C=O) groups excluding carboxylic acids is 1. The van der Waals surface area contributed by atoms with Crippen LogP contribution >= 0.6 is 0 Å². The van der Waals surface area contributed by atoms with Crippen LogP contribution in [0.2, 0.25) is 0 Å². The number of nitrogens with one attached hydrogen (secondary N) is 1. The zero-order chi connectivity index (χ0) is 21.4. The number of amides is 1. The van der Waals surface area contributed by atoms with E-state index in [1.165, 1.54) is 10.6 Å². The number of nitrogens with zero attached hydrogens (tertiary/aromatic N) is 5. The van der Waals surface area contributed by atoms with Gasteiger partial charge in [0.1, 0.15) is 5.69 Å². The number of nitro groups is 1. The Morgan fingerprint density at radius 3 is 2.77 bits per heavy atom. The fourth-order valence-corrected chi connectivity index (χ4v) is 3.36. The molecule has 1 N–H and O–H groups in total. The predicted molar refractivity (Wildman–Crippen MR) is 111 cm³/mol. The van der Waals surface area contributed by atoms with Crippen LogP contribution in [0.15, 0.2) is 71.4 Å². The Labute approximate surface area is 174 Å². The summed E-state index contributed by atoms with van der Waals surface area (Å²) in [7, 11) is 0. The zero-order valence-corrected chi connectivity index (χ0v) is 15.9. The number of hydrogen-bond donors (Lipinski definition) is 1. The summed E-state index contributed by atoms with van der Waals surface area (Å²) in [5.41, 5.74) is 2.69. The fraction of sp³-hybridized carbons (Fsp3) is 0.0476. The fourth-order valence-electron chi connectivity index (χ4n) is 3.36. The minimum Gasteiger partial charge on any atom is -0.356 e. The van der Waals surface area contributed by atoms with Gasteiger partial charge in [-0.15, -0.1) is 5.10 Å². The van der Waals surface area contributed by atoms with Crippen LogP contribution in [0.1, 0.15) is 5.69 Å². The summed E-state index contributed by atoms with van der Waals surface area (Å²) in [5, 5.41) is 22.9. The van der Waals surface area contributed by atoms with Crippen LogP contribution in [0.4, 0.5) is 11.6 Å². The van der Waals surface area contributed by atoms with Gasteiger partial charge >= 0.3 is 0 Å². The van der Waals surface area contributed by atoms with Crippen LogP contribution in [0.3, 0.4) is 0 Å². The lowest BCUT2D eigenvalue weighted by molar-refractivity contribution is -0.384. The lowest BCUT2D eigenvalue weighted by atomic mass is 10.1. The first-order valence-electron chi connectivity index (χ1n) is 9.32. The minimum absolute atomic E-state index is 0.00432. The van der Waals surface area contributed by atoms with Gasteiger partial charge in [0.05, 0.1) is 16.9 Å². The second-order valence-electron chi connectivity index (χ2n) is 6.78. The second-order valence-corrected chi connectivity index (χ2v) is 6.78. The largest absolute Gasteiger partial charge is 0.356 e. The molecule has 3 aromatic heterocycles. The number of benzene rings is 2. The molecule has 1 amide bonds. The van der Waals surface area contributed by atoms with Crippen molar-refractivity contribution in [3.8, 4) is 11.1 Å². The van der Waals surface area contributed by atoms with Crippen molar-refractivity contribution in [3.05, 3.63) is 82.7 Å². The van der Waals surface area contributed by atoms with E-state index < -0.39 is 4.92 Å². The normalized spacial score (nSPS) is 11.1. The van der Waals surface area contributed by atoms with Crippen LogP contribution in [-0.2, 0) is 11.2 Å². The summed E-state index contributed by atoms with van der Waals surface area (Å²) in [6.07, 6.45) is 1.64. The number of hydrogen-bond acceptors (Lipinski definition) is 7. The zero-order valence-electron chi connectivity index (χ0n) is 15.9. The van der Waals surface area contributed by atoms with E-state index in [0.29, 0.717) is 28.1 Å². The van der Waals surface area contributed by atoms with Gasteiger partial charge in [-0.25, -0.2) is 4.52 Å². The molecule has 0 aliphatic rings. The molecular weight excluding hydrogens is 400 g/mol. The Morgan fingerprint density at radius 1 is 1.10 bits per heavy atom. The molecule has 0 fully saturated rings. The molecule has 0 radical (unpaired) electrons. The van der Waals surface area contributed by atoms with E-state index in [1.54, 1.807) is 42.6 Å². The molecule has 0 saturated heterocycles. The first kappa shape index (κ1) is 18.4. The molecule has 0 unspecified atom stereocenters. The van der Waals surface area contributed by atoms with E-state index in [4.69, 9.17) is 4.52 Å². The smallest absolute Gasteiger partial charge is 0.277 e. The van der Waals surface area contributed by atoms with Gasteiger partial charge in [-0.2, -0.15) is 4.98 Å². The highest BCUT2D eigenvalue weighted by Gasteiger charge is 2.17. The Balaban J connectivity index is 1.39. The summed E-state index contributed by atoms with van der Waals surface area (Å²) < 4.78 is 6.68. The number of anilines is 1. The molecule has 0 aliphatic carbocycles. The molecule has 0 saturated carbocycles. The molecule has 5 aromatic rings. The molecule has 0 spiro atoms. The van der Waals surface area contributed by atoms with Gasteiger partial charge in [-0.1, -0.05) is 29.4 Å². The molecule has 31 heavy (non-hydrogen) atoms. The van der Waals surface area contributed by atoms with Gasteiger partial charge in [0, 0.05) is 23.2 Å².